The fourth-order valence-electron chi connectivity index (χ4n) is 1.74. The summed E-state index contributed by atoms with van der Waals surface area (Å²) in [7, 11) is 0. The second kappa shape index (κ2) is 5.42. The van der Waals surface area contributed by atoms with Gasteiger partial charge < -0.3 is 5.32 Å². The number of nitrogens with one attached hydrogen (secondary N) is 1. The van der Waals surface area contributed by atoms with Crippen molar-refractivity contribution in [3.05, 3.63) is 72.5 Å². The van der Waals surface area contributed by atoms with E-state index in [1.807, 2.05) is 31.8 Å². The van der Waals surface area contributed by atoms with Gasteiger partial charge in [-0.1, -0.05) is 36.4 Å². The molecule has 0 bridgehead atoms. The Morgan fingerprint density at radius 3 is 2.44 bits per heavy atom. The lowest BCUT2D eigenvalue weighted by molar-refractivity contribution is 0.684. The molecule has 2 heteroatoms. The normalized spacial score (nSPS) is 12.3. The van der Waals surface area contributed by atoms with Gasteiger partial charge in [-0.2, -0.15) is 0 Å². The molecule has 1 N–H and O–H groups in total. The third-order valence-corrected chi connectivity index (χ3v) is 2.48. The number of pyridine rings is 1. The van der Waals surface area contributed by atoms with Crippen LogP contribution in [0.5, 0.6) is 0 Å². The largest absolute Gasteiger partial charge is 0.302 e. The number of hydrogen-bond acceptors (Lipinski definition) is 2. The van der Waals surface area contributed by atoms with E-state index >= 15 is 0 Å². The monoisotopic (exact) mass is 211 g/mol. The highest BCUT2D eigenvalue weighted by Crippen LogP contribution is 2.20. The van der Waals surface area contributed by atoms with Crippen LogP contribution >= 0.6 is 0 Å². The van der Waals surface area contributed by atoms with E-state index < -0.39 is 0 Å². The Morgan fingerprint density at radius 1 is 1.06 bits per heavy atom. The van der Waals surface area contributed by atoms with E-state index in [0.29, 0.717) is 0 Å². The highest BCUT2D eigenvalue weighted by Gasteiger charge is 2.11. The fraction of sp³-hybridized carbons (Fsp3) is 0.143. The van der Waals surface area contributed by atoms with Crippen LogP contribution in [-0.2, 0) is 0 Å². The fourth-order valence-corrected chi connectivity index (χ4v) is 1.74. The Bertz CT molecular complexity index is 372. The van der Waals surface area contributed by atoms with Gasteiger partial charge in [0.25, 0.3) is 0 Å². The molecule has 16 heavy (non-hydrogen) atoms. The first-order valence-corrected chi connectivity index (χ1v) is 5.40. The Morgan fingerprint density at radius 2 is 1.81 bits per heavy atom. The van der Waals surface area contributed by atoms with E-state index in [9.17, 15) is 0 Å². The van der Waals surface area contributed by atoms with Crippen LogP contribution in [0.25, 0.3) is 0 Å². The molecule has 1 aromatic heterocycles. The third-order valence-electron chi connectivity index (χ3n) is 2.48. The minimum atomic E-state index is 0.180. The number of hydrogen-bond donors (Lipinski definition) is 1. The summed E-state index contributed by atoms with van der Waals surface area (Å²) in [4.78, 5) is 4.16. The van der Waals surface area contributed by atoms with Crippen molar-refractivity contribution in [3.8, 4) is 0 Å². The molecule has 2 aromatic rings. The molecule has 0 saturated heterocycles. The molecule has 0 fully saturated rings. The molecule has 0 saturated carbocycles. The summed E-state index contributed by atoms with van der Waals surface area (Å²) in [6.45, 7) is 3.96. The number of nitrogens with zero attached hydrogens (tertiary/aromatic N) is 1. The molecule has 0 aliphatic carbocycles. The average Bonchev–Trinajstić information content (AvgIpc) is 2.38. The quantitative estimate of drug-likeness (QED) is 0.841. The zero-order chi connectivity index (χ0) is 11.2. The van der Waals surface area contributed by atoms with Gasteiger partial charge >= 0.3 is 0 Å². The van der Waals surface area contributed by atoms with Gasteiger partial charge in [0.1, 0.15) is 0 Å². The number of rotatable bonds is 4. The summed E-state index contributed by atoms with van der Waals surface area (Å²) in [5, 5.41) is 3.35. The minimum Gasteiger partial charge on any atom is -0.302 e. The minimum absolute atomic E-state index is 0.180. The maximum Gasteiger partial charge on any atom is 0.0594 e. The Balaban J connectivity index is 2.31. The van der Waals surface area contributed by atoms with Crippen LogP contribution in [0.15, 0.2) is 54.9 Å². The first kappa shape index (κ1) is 10.8. The lowest BCUT2D eigenvalue weighted by Crippen LogP contribution is -2.18. The van der Waals surface area contributed by atoms with Crippen LogP contribution < -0.4 is 5.32 Å². The smallest absolute Gasteiger partial charge is 0.0594 e. The average molecular weight is 211 g/mol. The van der Waals surface area contributed by atoms with Crippen molar-refractivity contribution in [3.63, 3.8) is 0 Å². The molecule has 1 radical (unpaired) electrons. The molecule has 2 nitrogen and oxygen atoms in total. The molecule has 0 amide bonds. The van der Waals surface area contributed by atoms with Gasteiger partial charge in [0.15, 0.2) is 0 Å². The van der Waals surface area contributed by atoms with Crippen molar-refractivity contribution in [2.75, 3.05) is 0 Å². The molecule has 2 rings (SSSR count). The van der Waals surface area contributed by atoms with Crippen LogP contribution in [0.1, 0.15) is 24.1 Å². The molecule has 0 spiro atoms. The molecule has 0 aliphatic heterocycles. The molecule has 1 atom stereocenters. The predicted molar refractivity (Wildman–Crippen MR) is 65.6 cm³/mol. The van der Waals surface area contributed by atoms with Gasteiger partial charge in [-0.3, -0.25) is 4.98 Å². The van der Waals surface area contributed by atoms with Gasteiger partial charge in [-0.15, -0.1) is 0 Å². The van der Waals surface area contributed by atoms with Crippen molar-refractivity contribution in [1.29, 1.82) is 0 Å². The summed E-state index contributed by atoms with van der Waals surface area (Å²) in [6.07, 6.45) is 3.69. The second-order valence-electron chi connectivity index (χ2n) is 3.59. The maximum absolute atomic E-state index is 4.16. The van der Waals surface area contributed by atoms with Crippen molar-refractivity contribution in [1.82, 2.24) is 10.3 Å². The summed E-state index contributed by atoms with van der Waals surface area (Å²) in [5.41, 5.74) is 2.42. The maximum atomic E-state index is 4.16. The summed E-state index contributed by atoms with van der Waals surface area (Å²) in [6, 6.07) is 14.6. The van der Waals surface area contributed by atoms with Crippen LogP contribution in [0.2, 0.25) is 0 Å². The predicted octanol–water partition coefficient (Wildman–Crippen LogP) is 2.94. The van der Waals surface area contributed by atoms with E-state index in [2.05, 4.69) is 40.6 Å². The van der Waals surface area contributed by atoms with E-state index in [-0.39, 0.29) is 6.04 Å². The van der Waals surface area contributed by atoms with Crippen molar-refractivity contribution < 1.29 is 0 Å². The molecule has 0 aliphatic rings. The lowest BCUT2D eigenvalue weighted by atomic mass is 10.0. The van der Waals surface area contributed by atoms with E-state index in [4.69, 9.17) is 0 Å². The van der Waals surface area contributed by atoms with Crippen LogP contribution in [0.4, 0.5) is 0 Å². The van der Waals surface area contributed by atoms with Crippen molar-refractivity contribution in [2.45, 2.75) is 13.0 Å². The Labute approximate surface area is 96.4 Å². The van der Waals surface area contributed by atoms with Gasteiger partial charge in [-0.25, -0.2) is 0 Å². The molecular formula is C14H15N2. The molecular weight excluding hydrogens is 196 g/mol. The zero-order valence-electron chi connectivity index (χ0n) is 9.30. The van der Waals surface area contributed by atoms with E-state index in [1.165, 1.54) is 11.1 Å². The van der Waals surface area contributed by atoms with Gasteiger partial charge in [0.05, 0.1) is 6.04 Å². The summed E-state index contributed by atoms with van der Waals surface area (Å²) >= 11 is 0. The number of aromatic nitrogens is 1. The van der Waals surface area contributed by atoms with E-state index in [0.717, 1.165) is 0 Å². The molecule has 81 valence electrons. The first-order valence-electron chi connectivity index (χ1n) is 5.40. The highest BCUT2D eigenvalue weighted by atomic mass is 14.9. The second-order valence-corrected chi connectivity index (χ2v) is 3.59. The molecule has 1 unspecified atom stereocenters. The van der Waals surface area contributed by atoms with Gasteiger partial charge in [0, 0.05) is 18.9 Å². The van der Waals surface area contributed by atoms with Gasteiger partial charge in [0.2, 0.25) is 0 Å². The van der Waals surface area contributed by atoms with Gasteiger partial charge in [-0.05, 0) is 24.1 Å². The summed E-state index contributed by atoms with van der Waals surface area (Å²) in [5.74, 6) is 0. The third kappa shape index (κ3) is 2.47. The van der Waals surface area contributed by atoms with Crippen LogP contribution in [-0.4, -0.2) is 4.98 Å². The Kier molecular flexibility index (Phi) is 3.67. The first-order chi connectivity index (χ1) is 7.92. The van der Waals surface area contributed by atoms with Crippen molar-refractivity contribution in [2.24, 2.45) is 0 Å². The van der Waals surface area contributed by atoms with Crippen LogP contribution in [0, 0.1) is 6.54 Å². The lowest BCUT2D eigenvalue weighted by Gasteiger charge is -2.18. The topological polar surface area (TPSA) is 24.9 Å². The molecule has 1 aromatic carbocycles. The van der Waals surface area contributed by atoms with Crippen LogP contribution in [0.3, 0.4) is 0 Å². The highest BCUT2D eigenvalue weighted by molar-refractivity contribution is 5.30. The number of benzene rings is 1. The SMILES string of the molecule is C[CH]NC(c1ccccc1)c1cccnc1. The van der Waals surface area contributed by atoms with Crippen molar-refractivity contribution >= 4 is 0 Å². The zero-order valence-corrected chi connectivity index (χ0v) is 9.30. The molecule has 1 heterocycles. The Hall–Kier alpha value is -1.67. The van der Waals surface area contributed by atoms with E-state index in [1.54, 1.807) is 6.20 Å². The summed E-state index contributed by atoms with van der Waals surface area (Å²) < 4.78 is 0. The standard InChI is InChI=1S/C14H15N2/c1-2-16-14(12-7-4-3-5-8-12)13-9-6-10-15-11-13/h2-11,14,16H,1H3.